The molecule has 0 fully saturated rings. The number of pyridine rings is 1. The van der Waals surface area contributed by atoms with E-state index in [1.54, 1.807) is 7.11 Å². The van der Waals surface area contributed by atoms with Gasteiger partial charge in [-0.25, -0.2) is 0 Å². The minimum absolute atomic E-state index is 0.423. The highest BCUT2D eigenvalue weighted by molar-refractivity contribution is 5.83. The number of fused-ring (bicyclic) bond motifs is 1. The average Bonchev–Trinajstić information content (AvgIpc) is 3.01. The number of ether oxygens (including phenoxy) is 1. The van der Waals surface area contributed by atoms with Crippen molar-refractivity contribution in [3.63, 3.8) is 0 Å². The van der Waals surface area contributed by atoms with Gasteiger partial charge in [0.15, 0.2) is 0 Å². The molecule has 1 aliphatic rings. The van der Waals surface area contributed by atoms with Crippen LogP contribution in [0.4, 0.5) is 0 Å². The van der Waals surface area contributed by atoms with Gasteiger partial charge in [0.2, 0.25) is 0 Å². The molecule has 0 saturated carbocycles. The van der Waals surface area contributed by atoms with Crippen LogP contribution in [0.1, 0.15) is 12.6 Å². The van der Waals surface area contributed by atoms with E-state index < -0.39 is 0 Å². The second-order valence-electron chi connectivity index (χ2n) is 6.10. The van der Waals surface area contributed by atoms with Crippen molar-refractivity contribution in [1.29, 1.82) is 0 Å². The van der Waals surface area contributed by atoms with E-state index in [-0.39, 0.29) is 0 Å². The molecule has 1 atom stereocenters. The molecule has 0 bridgehead atoms. The third-order valence-corrected chi connectivity index (χ3v) is 4.45. The van der Waals surface area contributed by atoms with Gasteiger partial charge in [-0.1, -0.05) is 0 Å². The van der Waals surface area contributed by atoms with Gasteiger partial charge in [0.25, 0.3) is 0 Å². The van der Waals surface area contributed by atoms with Crippen LogP contribution in [0.25, 0.3) is 22.4 Å². The van der Waals surface area contributed by atoms with E-state index in [0.29, 0.717) is 6.04 Å². The Morgan fingerprint density at radius 1 is 1.08 bits per heavy atom. The van der Waals surface area contributed by atoms with Crippen LogP contribution in [0.15, 0.2) is 48.8 Å². The van der Waals surface area contributed by atoms with Gasteiger partial charge in [-0.15, -0.1) is 0 Å². The summed E-state index contributed by atoms with van der Waals surface area (Å²) < 4.78 is 7.41. The molecular formula is C19H20N4O. The molecule has 3 aromatic rings. The van der Waals surface area contributed by atoms with Gasteiger partial charge in [0.1, 0.15) is 11.4 Å². The fraction of sp³-hybridized carbons (Fsp3) is 0.263. The van der Waals surface area contributed by atoms with Crippen LogP contribution in [0.3, 0.4) is 0 Å². The van der Waals surface area contributed by atoms with Gasteiger partial charge >= 0.3 is 0 Å². The standard InChI is InChI=1S/C19H20N4O/c1-13-12-23-17(11-21-13)18(14-7-9-20-10-8-14)19(22-23)15-3-5-16(24-2)6-4-15/h3-10,13,21H,11-12H2,1-2H3. The van der Waals surface area contributed by atoms with E-state index in [1.807, 2.05) is 36.7 Å². The van der Waals surface area contributed by atoms with Crippen molar-refractivity contribution >= 4 is 0 Å². The average molecular weight is 320 g/mol. The molecule has 1 aliphatic heterocycles. The summed E-state index contributed by atoms with van der Waals surface area (Å²) in [5.74, 6) is 0.850. The zero-order chi connectivity index (χ0) is 16.5. The summed E-state index contributed by atoms with van der Waals surface area (Å²) in [4.78, 5) is 4.15. The summed E-state index contributed by atoms with van der Waals surface area (Å²) >= 11 is 0. The number of rotatable bonds is 3. The van der Waals surface area contributed by atoms with Crippen molar-refractivity contribution in [3.8, 4) is 28.1 Å². The summed E-state index contributed by atoms with van der Waals surface area (Å²) in [6.45, 7) is 3.88. The molecule has 5 nitrogen and oxygen atoms in total. The summed E-state index contributed by atoms with van der Waals surface area (Å²) in [6, 6.07) is 12.6. The number of nitrogens with zero attached hydrogens (tertiary/aromatic N) is 3. The zero-order valence-electron chi connectivity index (χ0n) is 13.9. The van der Waals surface area contributed by atoms with Crippen molar-refractivity contribution in [2.45, 2.75) is 26.1 Å². The lowest BCUT2D eigenvalue weighted by Gasteiger charge is -2.22. The molecule has 24 heavy (non-hydrogen) atoms. The largest absolute Gasteiger partial charge is 0.497 e. The molecule has 2 aromatic heterocycles. The Morgan fingerprint density at radius 3 is 2.54 bits per heavy atom. The first kappa shape index (κ1) is 14.9. The highest BCUT2D eigenvalue weighted by Gasteiger charge is 2.24. The quantitative estimate of drug-likeness (QED) is 0.805. The molecule has 1 aromatic carbocycles. The number of hydrogen-bond acceptors (Lipinski definition) is 4. The van der Waals surface area contributed by atoms with Gasteiger partial charge in [-0.05, 0) is 48.9 Å². The van der Waals surface area contributed by atoms with E-state index in [9.17, 15) is 0 Å². The first-order valence-electron chi connectivity index (χ1n) is 8.14. The molecule has 1 N–H and O–H groups in total. The number of methoxy groups -OCH3 is 1. The summed E-state index contributed by atoms with van der Waals surface area (Å²) in [5, 5.41) is 8.45. The molecule has 0 amide bonds. The Bertz CT molecular complexity index is 840. The van der Waals surface area contributed by atoms with Crippen LogP contribution < -0.4 is 10.1 Å². The summed E-state index contributed by atoms with van der Waals surface area (Å²) in [5.41, 5.74) is 5.66. The Kier molecular flexibility index (Phi) is 3.78. The zero-order valence-corrected chi connectivity index (χ0v) is 13.9. The minimum atomic E-state index is 0.423. The fourth-order valence-electron chi connectivity index (χ4n) is 3.20. The van der Waals surface area contributed by atoms with Gasteiger partial charge in [-0.2, -0.15) is 5.10 Å². The Balaban J connectivity index is 1.89. The maximum absolute atomic E-state index is 5.27. The molecule has 0 saturated heterocycles. The maximum atomic E-state index is 5.27. The minimum Gasteiger partial charge on any atom is -0.497 e. The topological polar surface area (TPSA) is 52.0 Å². The van der Waals surface area contributed by atoms with Crippen molar-refractivity contribution in [3.05, 3.63) is 54.5 Å². The first-order chi connectivity index (χ1) is 11.8. The Morgan fingerprint density at radius 2 is 1.83 bits per heavy atom. The van der Waals surface area contributed by atoms with E-state index in [2.05, 4.69) is 34.0 Å². The molecule has 5 heteroatoms. The molecule has 0 spiro atoms. The van der Waals surface area contributed by atoms with E-state index in [0.717, 1.165) is 35.7 Å². The lowest BCUT2D eigenvalue weighted by Crippen LogP contribution is -2.36. The van der Waals surface area contributed by atoms with Gasteiger partial charge < -0.3 is 10.1 Å². The third-order valence-electron chi connectivity index (χ3n) is 4.45. The van der Waals surface area contributed by atoms with Crippen LogP contribution >= 0.6 is 0 Å². The predicted molar refractivity (Wildman–Crippen MR) is 93.7 cm³/mol. The van der Waals surface area contributed by atoms with Gasteiger partial charge in [0, 0.05) is 36.1 Å². The second kappa shape index (κ2) is 6.09. The first-order valence-corrected chi connectivity index (χ1v) is 8.14. The van der Waals surface area contributed by atoms with Gasteiger partial charge in [0.05, 0.1) is 19.3 Å². The fourth-order valence-corrected chi connectivity index (χ4v) is 3.20. The lowest BCUT2D eigenvalue weighted by molar-refractivity contribution is 0.390. The van der Waals surface area contributed by atoms with Crippen molar-refractivity contribution in [2.75, 3.05) is 7.11 Å². The molecule has 1 unspecified atom stereocenters. The van der Waals surface area contributed by atoms with Crippen molar-refractivity contribution in [2.24, 2.45) is 0 Å². The second-order valence-corrected chi connectivity index (χ2v) is 6.10. The predicted octanol–water partition coefficient (Wildman–Crippen LogP) is 3.11. The molecule has 122 valence electrons. The van der Waals surface area contributed by atoms with Crippen LogP contribution in [0.5, 0.6) is 5.75 Å². The highest BCUT2D eigenvalue weighted by Crippen LogP contribution is 2.36. The molecule has 0 radical (unpaired) electrons. The number of benzene rings is 1. The normalized spacial score (nSPS) is 16.7. The summed E-state index contributed by atoms with van der Waals surface area (Å²) in [6.07, 6.45) is 3.66. The smallest absolute Gasteiger partial charge is 0.118 e. The van der Waals surface area contributed by atoms with Crippen LogP contribution in [-0.4, -0.2) is 27.9 Å². The van der Waals surface area contributed by atoms with E-state index >= 15 is 0 Å². The molecule has 3 heterocycles. The van der Waals surface area contributed by atoms with Crippen LogP contribution in [-0.2, 0) is 13.1 Å². The van der Waals surface area contributed by atoms with Crippen LogP contribution in [0, 0.1) is 0 Å². The van der Waals surface area contributed by atoms with E-state index in [1.165, 1.54) is 11.3 Å². The van der Waals surface area contributed by atoms with E-state index in [4.69, 9.17) is 9.84 Å². The number of aromatic nitrogens is 3. The number of hydrogen-bond donors (Lipinski definition) is 1. The molecular weight excluding hydrogens is 300 g/mol. The summed E-state index contributed by atoms with van der Waals surface area (Å²) in [7, 11) is 1.68. The monoisotopic (exact) mass is 320 g/mol. The highest BCUT2D eigenvalue weighted by atomic mass is 16.5. The SMILES string of the molecule is COc1ccc(-c2nn3c(c2-c2ccncc2)CNC(C)C3)cc1. The maximum Gasteiger partial charge on any atom is 0.118 e. The van der Waals surface area contributed by atoms with Crippen molar-refractivity contribution < 1.29 is 4.74 Å². The van der Waals surface area contributed by atoms with Crippen LogP contribution in [0.2, 0.25) is 0 Å². The molecule has 0 aliphatic carbocycles. The van der Waals surface area contributed by atoms with Gasteiger partial charge in [-0.3, -0.25) is 9.67 Å². The van der Waals surface area contributed by atoms with Crippen molar-refractivity contribution in [1.82, 2.24) is 20.1 Å². The lowest BCUT2D eigenvalue weighted by atomic mass is 9.99. The Hall–Kier alpha value is -2.66. The third kappa shape index (κ3) is 2.57. The molecule has 4 rings (SSSR count). The Labute approximate surface area is 141 Å². The number of nitrogens with one attached hydrogen (secondary N) is 1.